The van der Waals surface area contributed by atoms with Crippen LogP contribution in [0.25, 0.3) is 22.1 Å². The highest BCUT2D eigenvalue weighted by atomic mass is 19.1. The first kappa shape index (κ1) is 12.7. The van der Waals surface area contributed by atoms with E-state index < -0.39 is 0 Å². The fourth-order valence-electron chi connectivity index (χ4n) is 2.34. The molecule has 2 aromatic carbocycles. The minimum Gasteiger partial charge on any atom is -0.496 e. The normalized spacial score (nSPS) is 10.9. The summed E-state index contributed by atoms with van der Waals surface area (Å²) < 4.78 is 24.9. The fraction of sp³-hybridized carbons (Fsp3) is 0.125. The first-order valence-corrected chi connectivity index (χ1v) is 6.28. The molecular formula is C16H14FNO2. The molecule has 1 aromatic heterocycles. The van der Waals surface area contributed by atoms with Gasteiger partial charge in [0.15, 0.2) is 0 Å². The molecule has 0 radical (unpaired) electrons. The molecule has 4 heteroatoms. The third-order valence-electron chi connectivity index (χ3n) is 3.23. The van der Waals surface area contributed by atoms with Gasteiger partial charge in [0, 0.05) is 16.5 Å². The molecular weight excluding hydrogens is 257 g/mol. The van der Waals surface area contributed by atoms with Crippen LogP contribution < -0.4 is 10.5 Å². The predicted octanol–water partition coefficient (Wildman–Crippen LogP) is 3.71. The first-order chi connectivity index (χ1) is 9.72. The number of hydrogen-bond acceptors (Lipinski definition) is 3. The molecule has 3 nitrogen and oxygen atoms in total. The lowest BCUT2D eigenvalue weighted by atomic mass is 10.0. The molecule has 0 saturated carbocycles. The third kappa shape index (κ3) is 2.04. The number of rotatable bonds is 3. The molecule has 0 aliphatic carbocycles. The van der Waals surface area contributed by atoms with Crippen LogP contribution in [-0.2, 0) is 6.54 Å². The summed E-state index contributed by atoms with van der Waals surface area (Å²) in [5.74, 6) is 0.981. The largest absolute Gasteiger partial charge is 0.496 e. The van der Waals surface area contributed by atoms with Crippen LogP contribution in [-0.4, -0.2) is 7.11 Å². The molecule has 3 aromatic rings. The minimum atomic E-state index is -0.317. The van der Waals surface area contributed by atoms with Crippen molar-refractivity contribution in [2.24, 2.45) is 5.73 Å². The number of para-hydroxylation sites is 1. The van der Waals surface area contributed by atoms with E-state index in [9.17, 15) is 4.39 Å². The van der Waals surface area contributed by atoms with Crippen LogP contribution in [0.5, 0.6) is 5.75 Å². The molecule has 0 aliphatic heterocycles. The maximum atomic E-state index is 13.8. The Bertz CT molecular complexity index is 764. The van der Waals surface area contributed by atoms with Crippen molar-refractivity contribution in [3.63, 3.8) is 0 Å². The average Bonchev–Trinajstić information content (AvgIpc) is 2.89. The number of halogens is 1. The standard InChI is InChI=1S/C16H14FNO2/c1-19-15-5-3-2-4-13(15)14-8-11(17)6-10-7-12(9-18)20-16(10)14/h2-8H,9,18H2,1H3. The van der Waals surface area contributed by atoms with Gasteiger partial charge in [-0.05, 0) is 24.3 Å². The van der Waals surface area contributed by atoms with Gasteiger partial charge >= 0.3 is 0 Å². The summed E-state index contributed by atoms with van der Waals surface area (Å²) in [5, 5.41) is 0.700. The van der Waals surface area contributed by atoms with Crippen LogP contribution in [0.2, 0.25) is 0 Å². The molecule has 0 unspecified atom stereocenters. The van der Waals surface area contributed by atoms with Crippen molar-refractivity contribution in [3.05, 3.63) is 54.0 Å². The van der Waals surface area contributed by atoms with E-state index in [0.717, 1.165) is 5.56 Å². The molecule has 3 rings (SSSR count). The SMILES string of the molecule is COc1ccccc1-c1cc(F)cc2cc(CN)oc12. The van der Waals surface area contributed by atoms with Crippen molar-refractivity contribution in [1.29, 1.82) is 0 Å². The molecule has 0 fully saturated rings. The van der Waals surface area contributed by atoms with E-state index in [1.807, 2.05) is 24.3 Å². The van der Waals surface area contributed by atoms with E-state index in [0.29, 0.717) is 28.0 Å². The number of ether oxygens (including phenoxy) is 1. The molecule has 0 amide bonds. The molecule has 0 bridgehead atoms. The fourth-order valence-corrected chi connectivity index (χ4v) is 2.34. The molecule has 20 heavy (non-hydrogen) atoms. The maximum Gasteiger partial charge on any atom is 0.142 e. The van der Waals surface area contributed by atoms with Crippen molar-refractivity contribution in [3.8, 4) is 16.9 Å². The first-order valence-electron chi connectivity index (χ1n) is 6.28. The molecule has 0 aliphatic rings. The zero-order valence-electron chi connectivity index (χ0n) is 11.0. The summed E-state index contributed by atoms with van der Waals surface area (Å²) in [7, 11) is 1.59. The molecule has 2 N–H and O–H groups in total. The van der Waals surface area contributed by atoms with Crippen LogP contribution >= 0.6 is 0 Å². The van der Waals surface area contributed by atoms with E-state index in [1.165, 1.54) is 12.1 Å². The topological polar surface area (TPSA) is 48.4 Å². The lowest BCUT2D eigenvalue weighted by molar-refractivity contribution is 0.416. The zero-order chi connectivity index (χ0) is 14.1. The molecule has 0 atom stereocenters. The van der Waals surface area contributed by atoms with Crippen molar-refractivity contribution < 1.29 is 13.5 Å². The van der Waals surface area contributed by atoms with Gasteiger partial charge in [0.2, 0.25) is 0 Å². The second-order valence-corrected chi connectivity index (χ2v) is 4.49. The number of benzene rings is 2. The second kappa shape index (κ2) is 4.98. The van der Waals surface area contributed by atoms with E-state index >= 15 is 0 Å². The number of fused-ring (bicyclic) bond motifs is 1. The summed E-state index contributed by atoms with van der Waals surface area (Å²) in [4.78, 5) is 0. The summed E-state index contributed by atoms with van der Waals surface area (Å²) in [5.41, 5.74) is 7.66. The Morgan fingerprint density at radius 2 is 1.95 bits per heavy atom. The summed E-state index contributed by atoms with van der Waals surface area (Å²) in [6.07, 6.45) is 0. The van der Waals surface area contributed by atoms with Crippen molar-refractivity contribution in [2.75, 3.05) is 7.11 Å². The van der Waals surface area contributed by atoms with Gasteiger partial charge in [-0.3, -0.25) is 0 Å². The van der Waals surface area contributed by atoms with E-state index in [1.54, 1.807) is 13.2 Å². The Kier molecular flexibility index (Phi) is 3.16. The lowest BCUT2D eigenvalue weighted by Crippen LogP contribution is -1.92. The summed E-state index contributed by atoms with van der Waals surface area (Å²) >= 11 is 0. The maximum absolute atomic E-state index is 13.8. The van der Waals surface area contributed by atoms with Gasteiger partial charge in [-0.2, -0.15) is 0 Å². The van der Waals surface area contributed by atoms with Crippen molar-refractivity contribution in [1.82, 2.24) is 0 Å². The number of hydrogen-bond donors (Lipinski definition) is 1. The average molecular weight is 271 g/mol. The third-order valence-corrected chi connectivity index (χ3v) is 3.23. The number of methoxy groups -OCH3 is 1. The molecule has 0 saturated heterocycles. The van der Waals surface area contributed by atoms with Crippen LogP contribution in [0.3, 0.4) is 0 Å². The number of furan rings is 1. The Hall–Kier alpha value is -2.33. The lowest BCUT2D eigenvalue weighted by Gasteiger charge is -2.09. The van der Waals surface area contributed by atoms with E-state index in [-0.39, 0.29) is 12.4 Å². The molecule has 0 spiro atoms. The summed E-state index contributed by atoms with van der Waals surface area (Å²) in [6.45, 7) is 0.279. The summed E-state index contributed by atoms with van der Waals surface area (Å²) in [6, 6.07) is 12.1. The monoisotopic (exact) mass is 271 g/mol. The molecule has 102 valence electrons. The Labute approximate surface area is 115 Å². The van der Waals surface area contributed by atoms with Gasteiger partial charge in [-0.1, -0.05) is 18.2 Å². The Morgan fingerprint density at radius 3 is 2.70 bits per heavy atom. The quantitative estimate of drug-likeness (QED) is 0.790. The van der Waals surface area contributed by atoms with Gasteiger partial charge in [0.25, 0.3) is 0 Å². The Morgan fingerprint density at radius 1 is 1.15 bits per heavy atom. The van der Waals surface area contributed by atoms with E-state index in [4.69, 9.17) is 14.9 Å². The highest BCUT2D eigenvalue weighted by Crippen LogP contribution is 2.36. The number of nitrogens with two attached hydrogens (primary N) is 1. The van der Waals surface area contributed by atoms with Crippen molar-refractivity contribution >= 4 is 11.0 Å². The predicted molar refractivity (Wildman–Crippen MR) is 76.1 cm³/mol. The van der Waals surface area contributed by atoms with Gasteiger partial charge in [-0.25, -0.2) is 4.39 Å². The van der Waals surface area contributed by atoms with Crippen molar-refractivity contribution in [2.45, 2.75) is 6.54 Å². The Balaban J connectivity index is 2.32. The zero-order valence-corrected chi connectivity index (χ0v) is 11.0. The smallest absolute Gasteiger partial charge is 0.142 e. The van der Waals surface area contributed by atoms with Crippen LogP contribution in [0.4, 0.5) is 4.39 Å². The van der Waals surface area contributed by atoms with E-state index in [2.05, 4.69) is 0 Å². The second-order valence-electron chi connectivity index (χ2n) is 4.49. The van der Waals surface area contributed by atoms with Crippen LogP contribution in [0.1, 0.15) is 5.76 Å². The van der Waals surface area contributed by atoms with Gasteiger partial charge in [0.05, 0.1) is 13.7 Å². The van der Waals surface area contributed by atoms with Crippen LogP contribution in [0.15, 0.2) is 46.9 Å². The highest BCUT2D eigenvalue weighted by Gasteiger charge is 2.14. The van der Waals surface area contributed by atoms with Gasteiger partial charge in [0.1, 0.15) is 22.9 Å². The molecule has 1 heterocycles. The van der Waals surface area contributed by atoms with Crippen LogP contribution in [0, 0.1) is 5.82 Å². The van der Waals surface area contributed by atoms with Gasteiger partial charge < -0.3 is 14.9 Å². The minimum absolute atomic E-state index is 0.279. The highest BCUT2D eigenvalue weighted by molar-refractivity contribution is 5.94. The van der Waals surface area contributed by atoms with Gasteiger partial charge in [-0.15, -0.1) is 0 Å².